The fourth-order valence-corrected chi connectivity index (χ4v) is 2.58. The largest absolute Gasteiger partial charge is 0.373 e. The zero-order valence-corrected chi connectivity index (χ0v) is 12.4. The first kappa shape index (κ1) is 14.5. The minimum Gasteiger partial charge on any atom is -0.373 e. The summed E-state index contributed by atoms with van der Waals surface area (Å²) in [6, 6.07) is 0.196. The molecule has 0 bridgehead atoms. The fourth-order valence-electron chi connectivity index (χ4n) is 2.58. The Kier molecular flexibility index (Phi) is 4.58. The molecule has 1 aliphatic rings. The third-order valence-corrected chi connectivity index (χ3v) is 3.57. The molecule has 2 rings (SSSR count). The average Bonchev–Trinajstić information content (AvgIpc) is 2.63. The standard InChI is InChI=1S/C14H25N3O2/c1-14(2,3)11(18-4)12-16-13(19-17-12)10-8-6-5-7-9-15-10/h10-11,15H,5-9H2,1-4H3. The summed E-state index contributed by atoms with van der Waals surface area (Å²) in [4.78, 5) is 4.55. The van der Waals surface area contributed by atoms with Crippen LogP contribution in [-0.4, -0.2) is 23.8 Å². The topological polar surface area (TPSA) is 60.2 Å². The van der Waals surface area contributed by atoms with Gasteiger partial charge in [-0.1, -0.05) is 38.8 Å². The molecule has 2 heterocycles. The van der Waals surface area contributed by atoms with Crippen LogP contribution >= 0.6 is 0 Å². The third kappa shape index (κ3) is 3.54. The van der Waals surface area contributed by atoms with E-state index in [-0.39, 0.29) is 17.6 Å². The number of ether oxygens (including phenoxy) is 1. The molecule has 0 amide bonds. The van der Waals surface area contributed by atoms with E-state index in [0.717, 1.165) is 13.0 Å². The van der Waals surface area contributed by atoms with Crippen molar-refractivity contribution in [2.45, 2.75) is 58.6 Å². The van der Waals surface area contributed by atoms with Crippen LogP contribution in [0.2, 0.25) is 0 Å². The first-order chi connectivity index (χ1) is 9.02. The van der Waals surface area contributed by atoms with Crippen LogP contribution in [-0.2, 0) is 4.74 Å². The van der Waals surface area contributed by atoms with Crippen LogP contribution in [0, 0.1) is 5.41 Å². The Bertz CT molecular complexity index is 390. The Morgan fingerprint density at radius 2 is 2.11 bits per heavy atom. The van der Waals surface area contributed by atoms with Gasteiger partial charge in [0.25, 0.3) is 0 Å². The summed E-state index contributed by atoms with van der Waals surface area (Å²) >= 11 is 0. The van der Waals surface area contributed by atoms with Crippen LogP contribution in [0.1, 0.15) is 70.3 Å². The van der Waals surface area contributed by atoms with Gasteiger partial charge >= 0.3 is 0 Å². The number of methoxy groups -OCH3 is 1. The van der Waals surface area contributed by atoms with Gasteiger partial charge in [-0.2, -0.15) is 4.98 Å². The van der Waals surface area contributed by atoms with Gasteiger partial charge in [0.15, 0.2) is 0 Å². The van der Waals surface area contributed by atoms with E-state index in [0.29, 0.717) is 11.7 Å². The predicted octanol–water partition coefficient (Wildman–Crippen LogP) is 3.01. The summed E-state index contributed by atoms with van der Waals surface area (Å²) in [5, 5.41) is 7.58. The summed E-state index contributed by atoms with van der Waals surface area (Å²) in [6.07, 6.45) is 4.63. The molecule has 1 N–H and O–H groups in total. The molecule has 1 saturated heterocycles. The van der Waals surface area contributed by atoms with Crippen molar-refractivity contribution in [3.8, 4) is 0 Å². The molecule has 5 nitrogen and oxygen atoms in total. The monoisotopic (exact) mass is 267 g/mol. The Hall–Kier alpha value is -0.940. The maximum atomic E-state index is 5.52. The molecule has 1 aliphatic heterocycles. The predicted molar refractivity (Wildman–Crippen MR) is 72.7 cm³/mol. The van der Waals surface area contributed by atoms with E-state index in [1.54, 1.807) is 7.11 Å². The van der Waals surface area contributed by atoms with Gasteiger partial charge in [0.05, 0.1) is 6.04 Å². The summed E-state index contributed by atoms with van der Waals surface area (Å²) in [7, 11) is 1.69. The molecule has 1 fully saturated rings. The average molecular weight is 267 g/mol. The number of hydrogen-bond donors (Lipinski definition) is 1. The molecule has 1 aromatic rings. The Balaban J connectivity index is 2.13. The Morgan fingerprint density at radius 1 is 1.32 bits per heavy atom. The van der Waals surface area contributed by atoms with E-state index in [1.807, 2.05) is 0 Å². The lowest BCUT2D eigenvalue weighted by atomic mass is 9.88. The summed E-state index contributed by atoms with van der Waals surface area (Å²) in [5.41, 5.74) is -0.0488. The zero-order chi connectivity index (χ0) is 13.9. The molecule has 2 atom stereocenters. The minimum atomic E-state index is -0.143. The van der Waals surface area contributed by atoms with Crippen molar-refractivity contribution in [3.63, 3.8) is 0 Å². The van der Waals surface area contributed by atoms with Crippen LogP contribution in [0.25, 0.3) is 0 Å². The number of nitrogens with one attached hydrogen (secondary N) is 1. The normalized spacial score (nSPS) is 23.1. The highest BCUT2D eigenvalue weighted by atomic mass is 16.5. The van der Waals surface area contributed by atoms with Crippen molar-refractivity contribution < 1.29 is 9.26 Å². The van der Waals surface area contributed by atoms with Crippen LogP contribution in [0.15, 0.2) is 4.52 Å². The van der Waals surface area contributed by atoms with E-state index < -0.39 is 0 Å². The SMILES string of the molecule is COC(c1noc(C2CCCCCN2)n1)C(C)(C)C. The van der Waals surface area contributed by atoms with Gasteiger partial charge in [-0.3, -0.25) is 0 Å². The van der Waals surface area contributed by atoms with Crippen molar-refractivity contribution >= 4 is 0 Å². The van der Waals surface area contributed by atoms with E-state index in [1.165, 1.54) is 19.3 Å². The highest BCUT2D eigenvalue weighted by molar-refractivity contribution is 4.99. The second-order valence-corrected chi connectivity index (χ2v) is 6.33. The molecule has 0 saturated carbocycles. The van der Waals surface area contributed by atoms with E-state index >= 15 is 0 Å². The number of nitrogens with zero attached hydrogens (tertiary/aromatic N) is 2. The first-order valence-corrected chi connectivity index (χ1v) is 7.12. The van der Waals surface area contributed by atoms with Crippen molar-refractivity contribution in [3.05, 3.63) is 11.7 Å². The van der Waals surface area contributed by atoms with Gasteiger partial charge in [-0.25, -0.2) is 0 Å². The maximum Gasteiger partial charge on any atom is 0.243 e. The van der Waals surface area contributed by atoms with Gasteiger partial charge in [0.1, 0.15) is 6.10 Å². The van der Waals surface area contributed by atoms with Crippen LogP contribution in [0.5, 0.6) is 0 Å². The lowest BCUT2D eigenvalue weighted by molar-refractivity contribution is 0.00718. The van der Waals surface area contributed by atoms with Crippen molar-refractivity contribution in [2.24, 2.45) is 5.41 Å². The van der Waals surface area contributed by atoms with Gasteiger partial charge in [0.2, 0.25) is 11.7 Å². The number of hydrogen-bond acceptors (Lipinski definition) is 5. The summed E-state index contributed by atoms with van der Waals surface area (Å²) < 4.78 is 11.0. The Labute approximate surface area is 115 Å². The molecule has 0 aliphatic carbocycles. The maximum absolute atomic E-state index is 5.52. The molecule has 108 valence electrons. The van der Waals surface area contributed by atoms with Crippen LogP contribution in [0.3, 0.4) is 0 Å². The second kappa shape index (κ2) is 6.01. The van der Waals surface area contributed by atoms with Gasteiger partial charge in [-0.05, 0) is 24.8 Å². The van der Waals surface area contributed by atoms with E-state index in [2.05, 4.69) is 36.2 Å². The summed E-state index contributed by atoms with van der Waals surface area (Å²) in [5.74, 6) is 1.35. The third-order valence-electron chi connectivity index (χ3n) is 3.57. The minimum absolute atomic E-state index is 0.0488. The molecule has 0 aromatic carbocycles. The zero-order valence-electron chi connectivity index (χ0n) is 12.4. The van der Waals surface area contributed by atoms with Crippen molar-refractivity contribution in [1.82, 2.24) is 15.5 Å². The molecule has 5 heteroatoms. The van der Waals surface area contributed by atoms with Crippen molar-refractivity contribution in [1.29, 1.82) is 0 Å². The molecular weight excluding hydrogens is 242 g/mol. The van der Waals surface area contributed by atoms with Crippen molar-refractivity contribution in [2.75, 3.05) is 13.7 Å². The Morgan fingerprint density at radius 3 is 2.79 bits per heavy atom. The van der Waals surface area contributed by atoms with Gasteiger partial charge in [-0.15, -0.1) is 0 Å². The molecule has 1 aromatic heterocycles. The van der Waals surface area contributed by atoms with Gasteiger partial charge < -0.3 is 14.6 Å². The molecule has 19 heavy (non-hydrogen) atoms. The van der Waals surface area contributed by atoms with Gasteiger partial charge in [0, 0.05) is 7.11 Å². The van der Waals surface area contributed by atoms with Crippen LogP contribution in [0.4, 0.5) is 0 Å². The quantitative estimate of drug-likeness (QED) is 0.912. The molecule has 2 unspecified atom stereocenters. The van der Waals surface area contributed by atoms with Crippen LogP contribution < -0.4 is 5.32 Å². The lowest BCUT2D eigenvalue weighted by Crippen LogP contribution is -2.22. The van der Waals surface area contributed by atoms with E-state index in [4.69, 9.17) is 9.26 Å². The fraction of sp³-hybridized carbons (Fsp3) is 0.857. The van der Waals surface area contributed by atoms with E-state index in [9.17, 15) is 0 Å². The highest BCUT2D eigenvalue weighted by Gasteiger charge is 2.31. The highest BCUT2D eigenvalue weighted by Crippen LogP contribution is 2.34. The first-order valence-electron chi connectivity index (χ1n) is 7.12. The second-order valence-electron chi connectivity index (χ2n) is 6.33. The lowest BCUT2D eigenvalue weighted by Gasteiger charge is -2.26. The number of aromatic nitrogens is 2. The molecule has 0 radical (unpaired) electrons. The molecular formula is C14H25N3O2. The smallest absolute Gasteiger partial charge is 0.243 e. The summed E-state index contributed by atoms with van der Waals surface area (Å²) in [6.45, 7) is 7.36. The number of rotatable bonds is 3. The molecule has 0 spiro atoms.